The standard InChI is InChI=1S/C9H12FN3O4S/c10-6-4-7(9(14)15)8(13-5-6)12-2-1-3-18(11,16)17/h4-5H,1-3H2,(H,12,13)(H,14,15)(H2,11,16,17). The summed E-state index contributed by atoms with van der Waals surface area (Å²) in [6, 6.07) is 0.831. The number of carbonyl (C=O) groups is 1. The summed E-state index contributed by atoms with van der Waals surface area (Å²) < 4.78 is 34.1. The number of anilines is 1. The van der Waals surface area contributed by atoms with Crippen molar-refractivity contribution in [1.82, 2.24) is 4.98 Å². The van der Waals surface area contributed by atoms with E-state index in [0.29, 0.717) is 0 Å². The molecule has 0 aliphatic carbocycles. The summed E-state index contributed by atoms with van der Waals surface area (Å²) in [5, 5.41) is 16.2. The van der Waals surface area contributed by atoms with Gasteiger partial charge < -0.3 is 10.4 Å². The molecule has 0 bridgehead atoms. The van der Waals surface area contributed by atoms with E-state index < -0.39 is 21.8 Å². The Bertz CT molecular complexity index is 547. The number of primary sulfonamides is 1. The van der Waals surface area contributed by atoms with Crippen LogP contribution in [0.15, 0.2) is 12.3 Å². The van der Waals surface area contributed by atoms with Crippen molar-refractivity contribution in [3.63, 3.8) is 0 Å². The largest absolute Gasteiger partial charge is 0.478 e. The molecule has 0 atom stereocenters. The van der Waals surface area contributed by atoms with Gasteiger partial charge in [0.2, 0.25) is 10.0 Å². The van der Waals surface area contributed by atoms with Crippen molar-refractivity contribution in [1.29, 1.82) is 0 Å². The first-order chi connectivity index (χ1) is 8.29. The summed E-state index contributed by atoms with van der Waals surface area (Å²) in [5.74, 6) is -2.33. The summed E-state index contributed by atoms with van der Waals surface area (Å²) in [6.07, 6.45) is 1.06. The molecule has 100 valence electrons. The number of halogens is 1. The van der Waals surface area contributed by atoms with Crippen LogP contribution < -0.4 is 10.5 Å². The van der Waals surface area contributed by atoms with E-state index in [-0.39, 0.29) is 30.1 Å². The van der Waals surface area contributed by atoms with E-state index in [1.165, 1.54) is 0 Å². The minimum absolute atomic E-state index is 0.0154. The van der Waals surface area contributed by atoms with Gasteiger partial charge in [0, 0.05) is 6.54 Å². The molecular formula is C9H12FN3O4S. The fourth-order valence-corrected chi connectivity index (χ4v) is 1.77. The predicted molar refractivity (Wildman–Crippen MR) is 62.2 cm³/mol. The maximum Gasteiger partial charge on any atom is 0.339 e. The van der Waals surface area contributed by atoms with Gasteiger partial charge in [0.1, 0.15) is 17.2 Å². The second kappa shape index (κ2) is 5.74. The molecule has 9 heteroatoms. The van der Waals surface area contributed by atoms with Crippen LogP contribution in [0.25, 0.3) is 0 Å². The van der Waals surface area contributed by atoms with Crippen molar-refractivity contribution in [2.24, 2.45) is 5.14 Å². The molecule has 18 heavy (non-hydrogen) atoms. The van der Waals surface area contributed by atoms with Gasteiger partial charge >= 0.3 is 5.97 Å². The second-order valence-electron chi connectivity index (χ2n) is 3.50. The number of hydrogen-bond donors (Lipinski definition) is 3. The Morgan fingerprint density at radius 3 is 2.78 bits per heavy atom. The van der Waals surface area contributed by atoms with Crippen molar-refractivity contribution >= 4 is 21.8 Å². The van der Waals surface area contributed by atoms with Crippen LogP contribution >= 0.6 is 0 Å². The lowest BCUT2D eigenvalue weighted by Crippen LogP contribution is -2.19. The molecule has 0 spiro atoms. The van der Waals surface area contributed by atoms with Crippen molar-refractivity contribution in [3.05, 3.63) is 23.6 Å². The van der Waals surface area contributed by atoms with Crippen molar-refractivity contribution < 1.29 is 22.7 Å². The molecule has 1 rings (SSSR count). The van der Waals surface area contributed by atoms with Crippen LogP contribution in [-0.4, -0.2) is 36.8 Å². The lowest BCUT2D eigenvalue weighted by Gasteiger charge is -2.07. The smallest absolute Gasteiger partial charge is 0.339 e. The van der Waals surface area contributed by atoms with E-state index in [0.717, 1.165) is 12.3 Å². The summed E-state index contributed by atoms with van der Waals surface area (Å²) >= 11 is 0. The van der Waals surface area contributed by atoms with Crippen LogP contribution in [0.4, 0.5) is 10.2 Å². The third kappa shape index (κ3) is 4.63. The van der Waals surface area contributed by atoms with Gasteiger partial charge in [0.15, 0.2) is 0 Å². The average Bonchev–Trinajstić information content (AvgIpc) is 2.24. The average molecular weight is 277 g/mol. The van der Waals surface area contributed by atoms with Gasteiger partial charge in [-0.15, -0.1) is 0 Å². The molecule has 0 aliphatic rings. The number of aromatic carboxylic acids is 1. The van der Waals surface area contributed by atoms with Gasteiger partial charge in [-0.3, -0.25) is 0 Å². The normalized spacial score (nSPS) is 11.2. The second-order valence-corrected chi connectivity index (χ2v) is 5.24. The van der Waals surface area contributed by atoms with Crippen LogP contribution in [-0.2, 0) is 10.0 Å². The lowest BCUT2D eigenvalue weighted by molar-refractivity contribution is 0.0697. The fraction of sp³-hybridized carbons (Fsp3) is 0.333. The van der Waals surface area contributed by atoms with Crippen LogP contribution in [0, 0.1) is 5.82 Å². The molecule has 1 heterocycles. The van der Waals surface area contributed by atoms with Crippen LogP contribution in [0.1, 0.15) is 16.8 Å². The molecular weight excluding hydrogens is 265 g/mol. The maximum atomic E-state index is 12.8. The third-order valence-corrected chi connectivity index (χ3v) is 2.84. The number of rotatable bonds is 6. The van der Waals surface area contributed by atoms with Crippen LogP contribution in [0.5, 0.6) is 0 Å². The highest BCUT2D eigenvalue weighted by molar-refractivity contribution is 7.89. The summed E-state index contributed by atoms with van der Waals surface area (Å²) in [7, 11) is -3.55. The molecule has 0 radical (unpaired) electrons. The molecule has 0 saturated carbocycles. The fourth-order valence-electron chi connectivity index (χ4n) is 1.22. The molecule has 1 aromatic heterocycles. The SMILES string of the molecule is NS(=O)(=O)CCCNc1ncc(F)cc1C(=O)O. The quantitative estimate of drug-likeness (QED) is 0.629. The van der Waals surface area contributed by atoms with E-state index in [1.807, 2.05) is 0 Å². The van der Waals surface area contributed by atoms with E-state index in [4.69, 9.17) is 10.2 Å². The molecule has 7 nitrogen and oxygen atoms in total. The monoisotopic (exact) mass is 277 g/mol. The van der Waals surface area contributed by atoms with Gasteiger partial charge in [-0.25, -0.2) is 27.7 Å². The molecule has 0 aromatic carbocycles. The van der Waals surface area contributed by atoms with E-state index in [9.17, 15) is 17.6 Å². The van der Waals surface area contributed by atoms with Gasteiger partial charge in [0.25, 0.3) is 0 Å². The van der Waals surface area contributed by atoms with Crippen LogP contribution in [0.3, 0.4) is 0 Å². The number of nitrogens with two attached hydrogens (primary N) is 1. The number of nitrogens with one attached hydrogen (secondary N) is 1. The zero-order valence-electron chi connectivity index (χ0n) is 9.26. The van der Waals surface area contributed by atoms with Gasteiger partial charge in [-0.2, -0.15) is 0 Å². The predicted octanol–water partition coefficient (Wildman–Crippen LogP) is 0.00940. The first-order valence-electron chi connectivity index (χ1n) is 4.93. The number of carboxylic acid groups (broad SMARTS) is 1. The highest BCUT2D eigenvalue weighted by Crippen LogP contribution is 2.13. The Morgan fingerprint density at radius 2 is 2.22 bits per heavy atom. The van der Waals surface area contributed by atoms with Crippen molar-refractivity contribution in [2.75, 3.05) is 17.6 Å². The number of aromatic nitrogens is 1. The highest BCUT2D eigenvalue weighted by Gasteiger charge is 2.12. The summed E-state index contributed by atoms with van der Waals surface area (Å²) in [4.78, 5) is 14.4. The molecule has 0 fully saturated rings. The molecule has 0 amide bonds. The first-order valence-corrected chi connectivity index (χ1v) is 6.64. The van der Waals surface area contributed by atoms with E-state index in [2.05, 4.69) is 10.3 Å². The molecule has 4 N–H and O–H groups in total. The van der Waals surface area contributed by atoms with E-state index in [1.54, 1.807) is 0 Å². The van der Waals surface area contributed by atoms with Crippen molar-refractivity contribution in [2.45, 2.75) is 6.42 Å². The zero-order chi connectivity index (χ0) is 13.8. The minimum atomic E-state index is -3.55. The Hall–Kier alpha value is -1.74. The third-order valence-electron chi connectivity index (χ3n) is 1.98. The minimum Gasteiger partial charge on any atom is -0.478 e. The van der Waals surface area contributed by atoms with Gasteiger partial charge in [-0.1, -0.05) is 0 Å². The number of hydrogen-bond acceptors (Lipinski definition) is 5. The molecule has 1 aromatic rings. The van der Waals surface area contributed by atoms with Gasteiger partial charge in [0.05, 0.1) is 11.9 Å². The van der Waals surface area contributed by atoms with E-state index >= 15 is 0 Å². The van der Waals surface area contributed by atoms with Crippen LogP contribution in [0.2, 0.25) is 0 Å². The molecule has 0 unspecified atom stereocenters. The lowest BCUT2D eigenvalue weighted by atomic mass is 10.2. The number of nitrogens with zero attached hydrogens (tertiary/aromatic N) is 1. The Kier molecular flexibility index (Phi) is 4.56. The maximum absolute atomic E-state index is 12.8. The molecule has 0 saturated heterocycles. The number of pyridine rings is 1. The summed E-state index contributed by atoms with van der Waals surface area (Å²) in [5.41, 5.74) is -0.314. The van der Waals surface area contributed by atoms with Crippen molar-refractivity contribution in [3.8, 4) is 0 Å². The highest BCUT2D eigenvalue weighted by atomic mass is 32.2. The number of sulfonamides is 1. The number of carboxylic acids is 1. The molecule has 0 aliphatic heterocycles. The first kappa shape index (κ1) is 14.3. The Morgan fingerprint density at radius 1 is 1.56 bits per heavy atom. The van der Waals surface area contributed by atoms with Gasteiger partial charge in [-0.05, 0) is 12.5 Å². The zero-order valence-corrected chi connectivity index (χ0v) is 10.1. The Balaban J connectivity index is 2.65. The topological polar surface area (TPSA) is 122 Å². The Labute approximate surface area is 103 Å². The summed E-state index contributed by atoms with van der Waals surface area (Å²) in [6.45, 7) is 0.162.